The van der Waals surface area contributed by atoms with E-state index in [0.717, 1.165) is 16.7 Å². The Balaban J connectivity index is 2.10. The van der Waals surface area contributed by atoms with Crippen LogP contribution in [0, 0.1) is 0 Å². The predicted molar refractivity (Wildman–Crippen MR) is 82.3 cm³/mol. The summed E-state index contributed by atoms with van der Waals surface area (Å²) in [7, 11) is 0. The van der Waals surface area contributed by atoms with Crippen molar-refractivity contribution in [3.05, 3.63) is 65.8 Å². The summed E-state index contributed by atoms with van der Waals surface area (Å²) in [6, 6.07) is 18.2. The van der Waals surface area contributed by atoms with Crippen molar-refractivity contribution in [3.8, 4) is 22.4 Å². The van der Waals surface area contributed by atoms with Crippen LogP contribution < -0.4 is 5.73 Å². The summed E-state index contributed by atoms with van der Waals surface area (Å²) < 4.78 is 0. The van der Waals surface area contributed by atoms with Crippen LogP contribution in [-0.4, -0.2) is 9.97 Å². The molecule has 1 aromatic heterocycles. The first-order chi connectivity index (χ1) is 9.74. The monoisotopic (exact) mass is 281 g/mol. The van der Waals surface area contributed by atoms with Crippen molar-refractivity contribution in [2.75, 3.05) is 5.73 Å². The zero-order valence-corrected chi connectivity index (χ0v) is 11.4. The molecule has 4 heteroatoms. The second-order valence-corrected chi connectivity index (χ2v) is 4.78. The van der Waals surface area contributed by atoms with Gasteiger partial charge in [0.15, 0.2) is 0 Å². The second-order valence-electron chi connectivity index (χ2n) is 4.37. The average Bonchev–Trinajstić information content (AvgIpc) is 2.51. The van der Waals surface area contributed by atoms with E-state index in [9.17, 15) is 0 Å². The minimum atomic E-state index is 0.217. The molecule has 0 radical (unpaired) electrons. The first kappa shape index (κ1) is 12.6. The fraction of sp³-hybridized carbons (Fsp3) is 0. The molecule has 98 valence electrons. The van der Waals surface area contributed by atoms with Gasteiger partial charge in [0.25, 0.3) is 0 Å². The van der Waals surface area contributed by atoms with E-state index in [-0.39, 0.29) is 5.95 Å². The molecule has 0 saturated carbocycles. The highest BCUT2D eigenvalue weighted by Gasteiger charge is 2.08. The van der Waals surface area contributed by atoms with Gasteiger partial charge in [-0.25, -0.2) is 9.97 Å². The van der Waals surface area contributed by atoms with Crippen molar-refractivity contribution >= 4 is 17.5 Å². The smallest absolute Gasteiger partial charge is 0.220 e. The van der Waals surface area contributed by atoms with Gasteiger partial charge in [-0.3, -0.25) is 0 Å². The molecule has 3 aromatic rings. The Hall–Kier alpha value is -2.39. The minimum absolute atomic E-state index is 0.217. The van der Waals surface area contributed by atoms with Crippen LogP contribution in [0.2, 0.25) is 5.02 Å². The average molecular weight is 282 g/mol. The van der Waals surface area contributed by atoms with E-state index in [4.69, 9.17) is 17.3 Å². The van der Waals surface area contributed by atoms with Gasteiger partial charge in [-0.15, -0.1) is 0 Å². The summed E-state index contributed by atoms with van der Waals surface area (Å²) in [6.45, 7) is 0. The highest BCUT2D eigenvalue weighted by Crippen LogP contribution is 2.29. The minimum Gasteiger partial charge on any atom is -0.368 e. The van der Waals surface area contributed by atoms with Gasteiger partial charge in [-0.2, -0.15) is 0 Å². The first-order valence-electron chi connectivity index (χ1n) is 6.18. The van der Waals surface area contributed by atoms with Crippen LogP contribution in [0.5, 0.6) is 0 Å². The molecule has 3 nitrogen and oxygen atoms in total. The van der Waals surface area contributed by atoms with Gasteiger partial charge in [0, 0.05) is 5.56 Å². The van der Waals surface area contributed by atoms with Crippen LogP contribution in [0.15, 0.2) is 60.8 Å². The summed E-state index contributed by atoms with van der Waals surface area (Å²) in [5, 5.41) is 0.490. The largest absolute Gasteiger partial charge is 0.368 e. The summed E-state index contributed by atoms with van der Waals surface area (Å²) in [6.07, 6.45) is 1.52. The van der Waals surface area contributed by atoms with Crippen LogP contribution in [0.25, 0.3) is 22.4 Å². The summed E-state index contributed by atoms with van der Waals surface area (Å²) in [5.41, 5.74) is 9.46. The molecule has 0 aliphatic carbocycles. The lowest BCUT2D eigenvalue weighted by Crippen LogP contribution is -1.96. The predicted octanol–water partition coefficient (Wildman–Crippen LogP) is 4.05. The quantitative estimate of drug-likeness (QED) is 0.771. The molecule has 0 bridgehead atoms. The number of rotatable bonds is 2. The highest BCUT2D eigenvalue weighted by atomic mass is 35.5. The Morgan fingerprint density at radius 2 is 1.55 bits per heavy atom. The molecule has 0 unspecified atom stereocenters. The lowest BCUT2D eigenvalue weighted by atomic mass is 10.0. The van der Waals surface area contributed by atoms with Gasteiger partial charge in [0.1, 0.15) is 0 Å². The Morgan fingerprint density at radius 3 is 2.35 bits per heavy atom. The maximum Gasteiger partial charge on any atom is 0.220 e. The van der Waals surface area contributed by atoms with Crippen LogP contribution in [0.3, 0.4) is 0 Å². The molecule has 0 saturated heterocycles. The molecule has 2 N–H and O–H groups in total. The van der Waals surface area contributed by atoms with Crippen molar-refractivity contribution in [2.24, 2.45) is 0 Å². The number of hydrogen-bond donors (Lipinski definition) is 1. The third kappa shape index (κ3) is 2.49. The van der Waals surface area contributed by atoms with Gasteiger partial charge in [0.05, 0.1) is 16.9 Å². The van der Waals surface area contributed by atoms with E-state index < -0.39 is 0 Å². The number of hydrogen-bond acceptors (Lipinski definition) is 3. The zero-order valence-electron chi connectivity index (χ0n) is 10.6. The molecule has 1 heterocycles. The standard InChI is InChI=1S/C16H12ClN3/c17-14-10-19-16(18)20-15(14)13-8-4-7-12(9-13)11-5-2-1-3-6-11/h1-10H,(H2,18,19,20). The van der Waals surface area contributed by atoms with E-state index in [0.29, 0.717) is 10.7 Å². The highest BCUT2D eigenvalue weighted by molar-refractivity contribution is 6.32. The van der Waals surface area contributed by atoms with E-state index in [1.165, 1.54) is 6.20 Å². The van der Waals surface area contributed by atoms with Crippen molar-refractivity contribution in [1.29, 1.82) is 0 Å². The maximum atomic E-state index is 6.15. The normalized spacial score (nSPS) is 10.4. The van der Waals surface area contributed by atoms with Crippen LogP contribution in [0.1, 0.15) is 0 Å². The van der Waals surface area contributed by atoms with Gasteiger partial charge < -0.3 is 5.73 Å². The lowest BCUT2D eigenvalue weighted by molar-refractivity contribution is 1.19. The van der Waals surface area contributed by atoms with Crippen molar-refractivity contribution in [2.45, 2.75) is 0 Å². The number of nitrogens with two attached hydrogens (primary N) is 1. The van der Waals surface area contributed by atoms with Gasteiger partial charge in [-0.05, 0) is 17.2 Å². The molecule has 20 heavy (non-hydrogen) atoms. The third-order valence-electron chi connectivity index (χ3n) is 3.01. The number of nitrogen functional groups attached to an aromatic ring is 1. The molecule has 0 spiro atoms. The number of halogens is 1. The molecule has 0 atom stereocenters. The van der Waals surface area contributed by atoms with Gasteiger partial charge in [0.2, 0.25) is 5.95 Å². The molecular formula is C16H12ClN3. The first-order valence-corrected chi connectivity index (χ1v) is 6.56. The van der Waals surface area contributed by atoms with Gasteiger partial charge in [-0.1, -0.05) is 60.1 Å². The number of nitrogens with zero attached hydrogens (tertiary/aromatic N) is 2. The Labute approximate surface area is 122 Å². The Kier molecular flexibility index (Phi) is 3.35. The summed E-state index contributed by atoms with van der Waals surface area (Å²) in [4.78, 5) is 8.09. The molecule has 3 rings (SSSR count). The van der Waals surface area contributed by atoms with Crippen molar-refractivity contribution < 1.29 is 0 Å². The van der Waals surface area contributed by atoms with Crippen LogP contribution >= 0.6 is 11.6 Å². The summed E-state index contributed by atoms with van der Waals surface area (Å²) in [5.74, 6) is 0.217. The Morgan fingerprint density at radius 1 is 0.850 bits per heavy atom. The third-order valence-corrected chi connectivity index (χ3v) is 3.28. The van der Waals surface area contributed by atoms with Crippen LogP contribution in [0.4, 0.5) is 5.95 Å². The number of anilines is 1. The van der Waals surface area contributed by atoms with Crippen molar-refractivity contribution in [3.63, 3.8) is 0 Å². The second kappa shape index (κ2) is 5.31. The van der Waals surface area contributed by atoms with Crippen molar-refractivity contribution in [1.82, 2.24) is 9.97 Å². The fourth-order valence-corrected chi connectivity index (χ4v) is 2.26. The molecule has 0 fully saturated rings. The maximum absolute atomic E-state index is 6.15. The van der Waals surface area contributed by atoms with E-state index >= 15 is 0 Å². The van der Waals surface area contributed by atoms with Gasteiger partial charge >= 0.3 is 0 Å². The molecule has 2 aromatic carbocycles. The Bertz CT molecular complexity index is 742. The summed E-state index contributed by atoms with van der Waals surface area (Å²) >= 11 is 6.15. The molecule has 0 aliphatic heterocycles. The molecule has 0 aliphatic rings. The lowest BCUT2D eigenvalue weighted by Gasteiger charge is -2.07. The fourth-order valence-electron chi connectivity index (χ4n) is 2.06. The molecule has 0 amide bonds. The molecular weight excluding hydrogens is 270 g/mol. The SMILES string of the molecule is Nc1ncc(Cl)c(-c2cccc(-c3ccccc3)c2)n1. The van der Waals surface area contributed by atoms with E-state index in [1.54, 1.807) is 0 Å². The van der Waals surface area contributed by atoms with Crippen LogP contribution in [-0.2, 0) is 0 Å². The number of aromatic nitrogens is 2. The van der Waals surface area contributed by atoms with E-state index in [2.05, 4.69) is 28.2 Å². The van der Waals surface area contributed by atoms with E-state index in [1.807, 2.05) is 36.4 Å². The zero-order chi connectivity index (χ0) is 13.9. The topological polar surface area (TPSA) is 51.8 Å². The number of benzene rings is 2.